The van der Waals surface area contributed by atoms with Gasteiger partial charge in [0.1, 0.15) is 5.49 Å². The number of hydrogen-bond acceptors (Lipinski definition) is 14. The summed E-state index contributed by atoms with van der Waals surface area (Å²) in [5.41, 5.74) is 1.93. The summed E-state index contributed by atoms with van der Waals surface area (Å²) in [6.45, 7) is -3.69. The maximum Gasteiger partial charge on any atom is 0.530 e. The maximum atomic E-state index is 14.1. The number of carbonyl (C=O) groups is 3. The Morgan fingerprint density at radius 2 is 1.58 bits per heavy atom. The number of amides is 2. The summed E-state index contributed by atoms with van der Waals surface area (Å²) in [6, 6.07) is 28.4. The number of pyridine rings is 1. The molecule has 1 aliphatic carbocycles. The average Bonchev–Trinajstić information content (AvgIpc) is 4.07. The van der Waals surface area contributed by atoms with Crippen LogP contribution in [0.25, 0.3) is 11.4 Å². The molecule has 0 unspecified atom stereocenters. The number of esters is 1. The minimum Gasteiger partial charge on any atom is -0.494 e. The van der Waals surface area contributed by atoms with Crippen LogP contribution in [0.5, 0.6) is 17.2 Å². The largest absolute Gasteiger partial charge is 0.530 e. The highest BCUT2D eigenvalue weighted by Crippen LogP contribution is 2.53. The topological polar surface area (TPSA) is 209 Å². The molecule has 2 aromatic heterocycles. The molecule has 320 valence electrons. The number of phosphoric ester groups is 1. The fourth-order valence-electron chi connectivity index (χ4n) is 5.98. The Kier molecular flexibility index (Phi) is 12.3. The van der Waals surface area contributed by atoms with Crippen LogP contribution in [0.15, 0.2) is 114 Å². The lowest BCUT2D eigenvalue weighted by molar-refractivity contribution is -0.119. The summed E-state index contributed by atoms with van der Waals surface area (Å²) in [5.74, 6) is -2.25. The lowest BCUT2D eigenvalue weighted by Gasteiger charge is -2.20. The summed E-state index contributed by atoms with van der Waals surface area (Å²) in [4.78, 5) is 46.0. The second-order valence-electron chi connectivity index (χ2n) is 13.7. The second kappa shape index (κ2) is 19.5. The molecule has 1 saturated carbocycles. The van der Waals surface area contributed by atoms with Crippen molar-refractivity contribution in [2.24, 2.45) is 18.0 Å². The third-order valence-corrected chi connectivity index (χ3v) is 10.6. The molecule has 0 radical (unpaired) electrons. The molecule has 4 aromatic carbocycles. The molecule has 62 heavy (non-hydrogen) atoms. The predicted octanol–water partition coefficient (Wildman–Crippen LogP) is 6.37. The average molecular weight is 866 g/mol. The zero-order chi connectivity index (χ0) is 46.1. The normalized spacial score (nSPS) is 13.6. The lowest BCUT2D eigenvalue weighted by atomic mass is 10.1. The predicted molar refractivity (Wildman–Crippen MR) is 224 cm³/mol. The van der Waals surface area contributed by atoms with Gasteiger partial charge in [-0.25, -0.2) is 9.36 Å². The molecule has 6 aromatic rings. The van der Waals surface area contributed by atoms with Gasteiger partial charge in [0.05, 0.1) is 62.5 Å². The van der Waals surface area contributed by atoms with E-state index in [4.69, 9.17) is 31.9 Å². The molecule has 2 heterocycles. The van der Waals surface area contributed by atoms with Crippen molar-refractivity contribution in [1.82, 2.24) is 30.1 Å². The summed E-state index contributed by atoms with van der Waals surface area (Å²) < 4.78 is 72.7. The first-order chi connectivity index (χ1) is 31.2. The molecule has 2 amide bonds. The van der Waals surface area contributed by atoms with Crippen LogP contribution in [-0.4, -0.2) is 63.8 Å². The Morgan fingerprint density at radius 3 is 2.19 bits per heavy atom. The molecule has 0 bridgehead atoms. The Bertz CT molecular complexity index is 2760. The fourth-order valence-corrected chi connectivity index (χ4v) is 7.17. The van der Waals surface area contributed by atoms with Gasteiger partial charge in [-0.2, -0.15) is 9.79 Å². The van der Waals surface area contributed by atoms with Crippen molar-refractivity contribution in [2.75, 3.05) is 26.5 Å². The molecule has 18 nitrogen and oxygen atoms in total. The highest BCUT2D eigenvalue weighted by atomic mass is 31.2. The first kappa shape index (κ1) is 39.0. The van der Waals surface area contributed by atoms with Gasteiger partial charge in [0, 0.05) is 29.3 Å². The molecule has 0 aliphatic heterocycles. The van der Waals surface area contributed by atoms with Crippen LogP contribution in [0, 0.1) is 5.92 Å². The standard InChI is InChI=1S/C43H43N8O10P/c1-44-42(53)33-24-51(38(46-41(52)30-18-19-30)23-35(33)45-34-17-11-16-32(39(34)57-4)40-47-49-50(2)48-40)27-58-43(54)31-20-21-36(37(22-31)56-3)61-62(55,59-25-28-12-7-5-8-13-28)60-26-29-14-9-6-10-15-29/h5-17,20-24,30,45H,18-19,25-27H2,1-4H3,(H,44,53)/i1D3. The molecule has 1 fully saturated rings. The third-order valence-electron chi connectivity index (χ3n) is 9.30. The Morgan fingerprint density at radius 1 is 0.871 bits per heavy atom. The summed E-state index contributed by atoms with van der Waals surface area (Å²) in [6.07, 6.45) is 2.48. The van der Waals surface area contributed by atoms with Gasteiger partial charge >= 0.3 is 13.8 Å². The lowest BCUT2D eigenvalue weighted by Crippen LogP contribution is -2.29. The van der Waals surface area contributed by atoms with Crippen molar-refractivity contribution in [3.63, 3.8) is 0 Å². The van der Waals surface area contributed by atoms with Gasteiger partial charge in [-0.05, 0) is 59.5 Å². The Hall–Kier alpha value is -7.14. The van der Waals surface area contributed by atoms with Crippen LogP contribution in [0.4, 0.5) is 11.4 Å². The van der Waals surface area contributed by atoms with Gasteiger partial charge in [0.15, 0.2) is 24.0 Å². The van der Waals surface area contributed by atoms with Gasteiger partial charge in [0.25, 0.3) is 11.8 Å². The Balaban J connectivity index is 1.17. The minimum atomic E-state index is -4.32. The molecular formula is C43H43N8O10P. The van der Waals surface area contributed by atoms with E-state index < -0.39 is 39.3 Å². The van der Waals surface area contributed by atoms with Gasteiger partial charge in [-0.1, -0.05) is 66.7 Å². The molecular weight excluding hydrogens is 819 g/mol. The number of para-hydroxylation sites is 1. The molecule has 1 aliphatic rings. The van der Waals surface area contributed by atoms with Crippen molar-refractivity contribution < 1.29 is 50.8 Å². The molecule has 0 saturated heterocycles. The number of anilines is 2. The van der Waals surface area contributed by atoms with Crippen molar-refractivity contribution in [1.29, 1.82) is 0 Å². The number of carbonyl (C=O) groups excluding carboxylic acids is 3. The number of ether oxygens (including phenoxy) is 3. The molecule has 19 heteroatoms. The molecule has 0 spiro atoms. The van der Waals surface area contributed by atoms with E-state index in [0.29, 0.717) is 35.2 Å². The van der Waals surface area contributed by atoms with E-state index in [-0.39, 0.29) is 64.5 Å². The number of hydrogen-bond donors (Lipinski definition) is 2. The van der Waals surface area contributed by atoms with Crippen LogP contribution in [0.1, 0.15) is 48.8 Å². The van der Waals surface area contributed by atoms with E-state index in [9.17, 15) is 18.9 Å². The Labute approximate surface area is 360 Å². The van der Waals surface area contributed by atoms with Crippen LogP contribution >= 0.6 is 7.82 Å². The van der Waals surface area contributed by atoms with Gasteiger partial charge in [-0.15, -0.1) is 10.2 Å². The summed E-state index contributed by atoms with van der Waals surface area (Å²) in [7, 11) is 0.0129. The van der Waals surface area contributed by atoms with E-state index in [1.807, 2.05) is 17.4 Å². The van der Waals surface area contributed by atoms with Crippen LogP contribution < -0.4 is 30.1 Å². The number of phosphoric acid groups is 1. The number of rotatable bonds is 18. The first-order valence-electron chi connectivity index (χ1n) is 20.6. The zero-order valence-electron chi connectivity index (χ0n) is 36.7. The monoisotopic (exact) mass is 865 g/mol. The second-order valence-corrected chi connectivity index (χ2v) is 15.3. The van der Waals surface area contributed by atoms with E-state index in [1.54, 1.807) is 73.8 Å². The fraction of sp³-hybridized carbons (Fsp3) is 0.233. The van der Waals surface area contributed by atoms with Crippen LogP contribution in [0.3, 0.4) is 0 Å². The third kappa shape index (κ3) is 10.6. The molecule has 7 rings (SSSR count). The van der Waals surface area contributed by atoms with Gasteiger partial charge in [-0.3, -0.25) is 23.2 Å². The number of nitrogens with zero attached hydrogens (tertiary/aromatic N) is 6. The van der Waals surface area contributed by atoms with E-state index in [2.05, 4.69) is 25.7 Å². The number of aryl methyl sites for hydroxylation is 1. The highest BCUT2D eigenvalue weighted by Gasteiger charge is 2.32. The van der Waals surface area contributed by atoms with Crippen molar-refractivity contribution >= 4 is 37.0 Å². The van der Waals surface area contributed by atoms with Crippen molar-refractivity contribution in [3.8, 4) is 28.6 Å². The highest BCUT2D eigenvalue weighted by molar-refractivity contribution is 7.48. The number of methoxy groups -OCH3 is 2. The maximum absolute atomic E-state index is 14.1. The van der Waals surface area contributed by atoms with Crippen molar-refractivity contribution in [2.45, 2.75) is 32.8 Å². The molecule has 2 N–H and O–H groups in total. The van der Waals surface area contributed by atoms with E-state index in [1.165, 1.54) is 54.0 Å². The first-order valence-corrected chi connectivity index (χ1v) is 20.5. The zero-order valence-corrected chi connectivity index (χ0v) is 34.6. The summed E-state index contributed by atoms with van der Waals surface area (Å²) in [5, 5.41) is 17.3. The van der Waals surface area contributed by atoms with E-state index in [0.717, 1.165) is 0 Å². The number of nitrogens with one attached hydrogen (secondary N) is 2. The number of benzene rings is 4. The molecule has 0 atom stereocenters. The minimum absolute atomic E-state index is 0.0155. The van der Waals surface area contributed by atoms with Crippen LogP contribution in [-0.2, 0) is 50.1 Å². The number of aromatic nitrogens is 5. The number of tetrazole rings is 1. The quantitative estimate of drug-likeness (QED) is 0.0711. The van der Waals surface area contributed by atoms with Gasteiger partial charge in [0.2, 0.25) is 5.82 Å². The SMILES string of the molecule is [2H]C([2H])([2H])NC(=O)c1cn(COC(=O)c2ccc(OP(=O)(OCc3ccccc3)OCc3ccccc3)c(OC)c2)c(=NC(=O)C2CC2)cc1Nc1cccc(-c2nnn(C)n2)c1OC. The smallest absolute Gasteiger partial charge is 0.494 e. The summed E-state index contributed by atoms with van der Waals surface area (Å²) >= 11 is 0. The van der Waals surface area contributed by atoms with Crippen molar-refractivity contribution in [3.05, 3.63) is 137 Å². The van der Waals surface area contributed by atoms with Gasteiger partial charge < -0.3 is 29.4 Å². The van der Waals surface area contributed by atoms with Crippen LogP contribution in [0.2, 0.25) is 0 Å². The van der Waals surface area contributed by atoms with E-state index >= 15 is 0 Å².